The number of pyridine rings is 1. The van der Waals surface area contributed by atoms with Gasteiger partial charge in [-0.15, -0.1) is 0 Å². The van der Waals surface area contributed by atoms with Crippen molar-refractivity contribution >= 4 is 34.2 Å². The number of phenolic OH excluding ortho intramolecular Hbond substituents is 1. The molecule has 0 fully saturated rings. The topological polar surface area (TPSA) is 90.9 Å². The summed E-state index contributed by atoms with van der Waals surface area (Å²) in [5, 5.41) is 20.2. The number of carbonyl (C=O) groups is 1. The van der Waals surface area contributed by atoms with E-state index in [1.165, 1.54) is 12.3 Å². The zero-order valence-electron chi connectivity index (χ0n) is 11.0. The minimum atomic E-state index is -0.387. The summed E-state index contributed by atoms with van der Waals surface area (Å²) in [6, 6.07) is 6.43. The summed E-state index contributed by atoms with van der Waals surface area (Å²) in [5.74, 6) is -0.552. The molecule has 3 aromatic rings. The Balaban J connectivity index is 1.93. The van der Waals surface area contributed by atoms with Crippen molar-refractivity contribution in [2.24, 2.45) is 0 Å². The minimum Gasteiger partial charge on any atom is -0.504 e. The number of hydrogen-bond donors (Lipinski definition) is 3. The number of rotatable bonds is 2. The highest BCUT2D eigenvalue weighted by molar-refractivity contribution is 6.32. The molecule has 0 saturated carbocycles. The smallest absolute Gasteiger partial charge is 0.257 e. The highest BCUT2D eigenvalue weighted by Crippen LogP contribution is 2.31. The lowest BCUT2D eigenvalue weighted by molar-refractivity contribution is 0.102. The van der Waals surface area contributed by atoms with E-state index in [1.807, 2.05) is 6.92 Å². The highest BCUT2D eigenvalue weighted by Gasteiger charge is 2.13. The van der Waals surface area contributed by atoms with Gasteiger partial charge in [0.15, 0.2) is 11.4 Å². The van der Waals surface area contributed by atoms with Crippen LogP contribution in [0.25, 0.3) is 11.0 Å². The standard InChI is InChI=1S/C14H11ClN4O2/c1-7-9-5-8(6-16-13(9)19-18-7)14(21)17-11-4-2-3-10(15)12(11)20/h2-6,20H,1H3,(H,17,21)(H,16,18,19). The summed E-state index contributed by atoms with van der Waals surface area (Å²) >= 11 is 5.80. The molecule has 1 amide bonds. The number of aromatic hydroxyl groups is 1. The Morgan fingerprint density at radius 3 is 3.05 bits per heavy atom. The van der Waals surface area contributed by atoms with E-state index in [4.69, 9.17) is 11.6 Å². The van der Waals surface area contributed by atoms with Crippen LogP contribution in [0.4, 0.5) is 5.69 Å². The number of nitrogens with zero attached hydrogens (tertiary/aromatic N) is 2. The van der Waals surface area contributed by atoms with E-state index < -0.39 is 0 Å². The van der Waals surface area contributed by atoms with Gasteiger partial charge in [-0.2, -0.15) is 5.10 Å². The number of para-hydroxylation sites is 1. The first-order valence-corrected chi connectivity index (χ1v) is 6.53. The number of aromatic nitrogens is 3. The Morgan fingerprint density at radius 1 is 1.43 bits per heavy atom. The minimum absolute atomic E-state index is 0.166. The summed E-state index contributed by atoms with van der Waals surface area (Å²) in [5.41, 5.74) is 2.00. The van der Waals surface area contributed by atoms with Crippen LogP contribution in [0, 0.1) is 6.92 Å². The van der Waals surface area contributed by atoms with Crippen molar-refractivity contribution < 1.29 is 9.90 Å². The molecule has 0 aliphatic rings. The molecule has 1 aromatic carbocycles. The number of phenols is 1. The van der Waals surface area contributed by atoms with Gasteiger partial charge in [-0.05, 0) is 25.1 Å². The number of halogens is 1. The van der Waals surface area contributed by atoms with Crippen molar-refractivity contribution in [3.63, 3.8) is 0 Å². The lowest BCUT2D eigenvalue weighted by Gasteiger charge is -2.08. The highest BCUT2D eigenvalue weighted by atomic mass is 35.5. The second-order valence-corrected chi connectivity index (χ2v) is 4.94. The Morgan fingerprint density at radius 2 is 2.24 bits per heavy atom. The zero-order chi connectivity index (χ0) is 15.0. The van der Waals surface area contributed by atoms with E-state index in [0.29, 0.717) is 11.2 Å². The quantitative estimate of drug-likeness (QED) is 0.635. The number of aromatic amines is 1. The molecule has 0 spiro atoms. The molecule has 2 heterocycles. The third kappa shape index (κ3) is 2.41. The van der Waals surface area contributed by atoms with Gasteiger partial charge in [0, 0.05) is 17.3 Å². The molecule has 0 radical (unpaired) electrons. The van der Waals surface area contributed by atoms with Crippen molar-refractivity contribution in [2.45, 2.75) is 6.92 Å². The number of carbonyl (C=O) groups excluding carboxylic acids is 1. The van der Waals surface area contributed by atoms with Gasteiger partial charge >= 0.3 is 0 Å². The van der Waals surface area contributed by atoms with E-state index in [2.05, 4.69) is 20.5 Å². The second kappa shape index (κ2) is 5.06. The SMILES string of the molecule is Cc1[nH]nc2ncc(C(=O)Nc3cccc(Cl)c3O)cc12. The number of hydrogen-bond acceptors (Lipinski definition) is 4. The number of amides is 1. The Kier molecular flexibility index (Phi) is 3.23. The van der Waals surface area contributed by atoms with Crippen molar-refractivity contribution in [2.75, 3.05) is 5.32 Å². The average Bonchev–Trinajstić information content (AvgIpc) is 2.85. The number of anilines is 1. The molecule has 106 valence electrons. The van der Waals surface area contributed by atoms with Gasteiger partial charge in [0.2, 0.25) is 0 Å². The van der Waals surface area contributed by atoms with Crippen molar-refractivity contribution in [3.8, 4) is 5.75 Å². The van der Waals surface area contributed by atoms with Crippen LogP contribution in [0.3, 0.4) is 0 Å². The average molecular weight is 303 g/mol. The fourth-order valence-corrected chi connectivity index (χ4v) is 2.13. The molecule has 0 bridgehead atoms. The van der Waals surface area contributed by atoms with Gasteiger partial charge in [-0.1, -0.05) is 17.7 Å². The number of fused-ring (bicyclic) bond motifs is 1. The van der Waals surface area contributed by atoms with Crippen molar-refractivity contribution in [1.29, 1.82) is 0 Å². The molecule has 6 nitrogen and oxygen atoms in total. The number of aryl methyl sites for hydroxylation is 1. The van der Waals surface area contributed by atoms with E-state index in [9.17, 15) is 9.90 Å². The maximum absolute atomic E-state index is 12.2. The summed E-state index contributed by atoms with van der Waals surface area (Å²) in [6.07, 6.45) is 1.43. The van der Waals surface area contributed by atoms with Crippen LogP contribution in [0.15, 0.2) is 30.5 Å². The number of H-pyrrole nitrogens is 1. The molecular formula is C14H11ClN4O2. The predicted molar refractivity (Wildman–Crippen MR) is 79.7 cm³/mol. The van der Waals surface area contributed by atoms with E-state index in [-0.39, 0.29) is 22.4 Å². The van der Waals surface area contributed by atoms with Crippen LogP contribution in [0.1, 0.15) is 16.1 Å². The van der Waals surface area contributed by atoms with Crippen LogP contribution in [-0.2, 0) is 0 Å². The van der Waals surface area contributed by atoms with Gasteiger partial charge < -0.3 is 10.4 Å². The summed E-state index contributed by atoms with van der Waals surface area (Å²) in [4.78, 5) is 16.3. The normalized spacial score (nSPS) is 10.8. The van der Waals surface area contributed by atoms with E-state index >= 15 is 0 Å². The summed E-state index contributed by atoms with van der Waals surface area (Å²) in [7, 11) is 0. The molecule has 3 N–H and O–H groups in total. The Bertz CT molecular complexity index is 844. The molecule has 0 unspecified atom stereocenters. The maximum Gasteiger partial charge on any atom is 0.257 e. The van der Waals surface area contributed by atoms with Crippen LogP contribution in [0.2, 0.25) is 5.02 Å². The fraction of sp³-hybridized carbons (Fsp3) is 0.0714. The van der Waals surface area contributed by atoms with Crippen molar-refractivity contribution in [3.05, 3.63) is 46.7 Å². The molecule has 0 saturated heterocycles. The molecule has 3 rings (SSSR count). The molecule has 0 aliphatic carbocycles. The zero-order valence-corrected chi connectivity index (χ0v) is 11.8. The van der Waals surface area contributed by atoms with E-state index in [1.54, 1.807) is 18.2 Å². The van der Waals surface area contributed by atoms with Crippen LogP contribution in [-0.4, -0.2) is 26.2 Å². The first-order chi connectivity index (χ1) is 10.1. The lowest BCUT2D eigenvalue weighted by Crippen LogP contribution is -2.12. The maximum atomic E-state index is 12.2. The molecule has 7 heteroatoms. The Labute approximate surface area is 124 Å². The molecule has 0 aliphatic heterocycles. The third-order valence-electron chi connectivity index (χ3n) is 3.10. The van der Waals surface area contributed by atoms with Crippen LogP contribution in [0.5, 0.6) is 5.75 Å². The van der Waals surface area contributed by atoms with Gasteiger partial charge in [-0.3, -0.25) is 9.89 Å². The largest absolute Gasteiger partial charge is 0.504 e. The lowest BCUT2D eigenvalue weighted by atomic mass is 10.2. The van der Waals surface area contributed by atoms with Gasteiger partial charge in [0.05, 0.1) is 16.3 Å². The second-order valence-electron chi connectivity index (χ2n) is 4.53. The summed E-state index contributed by atoms with van der Waals surface area (Å²) in [6.45, 7) is 1.85. The first kappa shape index (κ1) is 13.4. The molecule has 0 atom stereocenters. The summed E-state index contributed by atoms with van der Waals surface area (Å²) < 4.78 is 0. The molecular weight excluding hydrogens is 292 g/mol. The monoisotopic (exact) mass is 302 g/mol. The molecule has 21 heavy (non-hydrogen) atoms. The third-order valence-corrected chi connectivity index (χ3v) is 3.40. The first-order valence-electron chi connectivity index (χ1n) is 6.16. The van der Waals surface area contributed by atoms with Gasteiger partial charge in [0.25, 0.3) is 5.91 Å². The Hall–Kier alpha value is -2.60. The van der Waals surface area contributed by atoms with Gasteiger partial charge in [0.1, 0.15) is 0 Å². The predicted octanol–water partition coefficient (Wildman–Crippen LogP) is 2.88. The van der Waals surface area contributed by atoms with E-state index in [0.717, 1.165) is 11.1 Å². The van der Waals surface area contributed by atoms with Crippen LogP contribution >= 0.6 is 11.6 Å². The van der Waals surface area contributed by atoms with Gasteiger partial charge in [-0.25, -0.2) is 4.98 Å². The van der Waals surface area contributed by atoms with Crippen molar-refractivity contribution in [1.82, 2.24) is 15.2 Å². The fourth-order valence-electron chi connectivity index (χ4n) is 1.95. The van der Waals surface area contributed by atoms with Crippen LogP contribution < -0.4 is 5.32 Å². The molecule has 2 aromatic heterocycles. The number of nitrogens with one attached hydrogen (secondary N) is 2. The number of benzene rings is 1.